The van der Waals surface area contributed by atoms with Gasteiger partial charge in [0.1, 0.15) is 0 Å². The third-order valence-corrected chi connectivity index (χ3v) is 1.52. The summed E-state index contributed by atoms with van der Waals surface area (Å²) in [4.78, 5) is 11.0. The van der Waals surface area contributed by atoms with Crippen molar-refractivity contribution in [1.82, 2.24) is 0 Å². The predicted octanol–water partition coefficient (Wildman–Crippen LogP) is -0.0217. The topological polar surface area (TPSA) is 69.6 Å². The van der Waals surface area contributed by atoms with E-state index in [4.69, 9.17) is 10.2 Å². The zero-order valence-corrected chi connectivity index (χ0v) is 6.97. The number of aliphatic hydroxyl groups excluding tert-OH is 2. The lowest BCUT2D eigenvalue weighted by Gasteiger charge is -2.07. The Hall–Kier alpha value is -1.39. The van der Waals surface area contributed by atoms with Gasteiger partial charge in [0.15, 0.2) is 6.10 Å². The van der Waals surface area contributed by atoms with Gasteiger partial charge in [-0.3, -0.25) is 4.79 Å². The van der Waals surface area contributed by atoms with Crippen LogP contribution in [0.3, 0.4) is 0 Å². The number of aliphatic hydroxyl groups is 2. The summed E-state index contributed by atoms with van der Waals surface area (Å²) in [5.74, 6) is -0.603. The van der Waals surface area contributed by atoms with Crippen molar-refractivity contribution >= 4 is 11.6 Å². The van der Waals surface area contributed by atoms with Crippen LogP contribution in [-0.2, 0) is 4.79 Å². The molecule has 0 heterocycles. The van der Waals surface area contributed by atoms with Crippen molar-refractivity contribution in [3.63, 3.8) is 0 Å². The minimum atomic E-state index is -1.36. The Morgan fingerprint density at radius 2 is 2.00 bits per heavy atom. The lowest BCUT2D eigenvalue weighted by Crippen LogP contribution is -2.30. The average Bonchev–Trinajstić information content (AvgIpc) is 2.18. The van der Waals surface area contributed by atoms with Gasteiger partial charge in [-0.15, -0.1) is 0 Å². The maximum atomic E-state index is 11.0. The van der Waals surface area contributed by atoms with Crippen molar-refractivity contribution < 1.29 is 15.0 Å². The van der Waals surface area contributed by atoms with Crippen molar-refractivity contribution in [1.29, 1.82) is 0 Å². The minimum Gasteiger partial charge on any atom is -0.393 e. The maximum Gasteiger partial charge on any atom is 0.255 e. The van der Waals surface area contributed by atoms with Crippen LogP contribution in [-0.4, -0.2) is 28.8 Å². The largest absolute Gasteiger partial charge is 0.393 e. The Kier molecular flexibility index (Phi) is 3.42. The van der Waals surface area contributed by atoms with E-state index >= 15 is 0 Å². The Bertz CT molecular complexity index is 273. The molecule has 70 valence electrons. The Morgan fingerprint density at radius 3 is 2.54 bits per heavy atom. The molecule has 1 aromatic carbocycles. The molecular weight excluding hydrogens is 170 g/mol. The maximum absolute atomic E-state index is 11.0. The second-order valence-corrected chi connectivity index (χ2v) is 2.55. The van der Waals surface area contributed by atoms with Gasteiger partial charge < -0.3 is 15.5 Å². The summed E-state index contributed by atoms with van der Waals surface area (Å²) in [6, 6.07) is 8.74. The number of hydrogen-bond acceptors (Lipinski definition) is 3. The van der Waals surface area contributed by atoms with Gasteiger partial charge in [-0.1, -0.05) is 18.2 Å². The number of carbonyl (C=O) groups excluding carboxylic acids is 1. The van der Waals surface area contributed by atoms with Crippen molar-refractivity contribution in [2.24, 2.45) is 0 Å². The van der Waals surface area contributed by atoms with Crippen molar-refractivity contribution in [2.45, 2.75) is 6.10 Å². The van der Waals surface area contributed by atoms with E-state index in [2.05, 4.69) is 5.32 Å². The average molecular weight is 181 g/mol. The summed E-state index contributed by atoms with van der Waals surface area (Å²) in [5.41, 5.74) is 0.597. The molecule has 0 aliphatic carbocycles. The zero-order chi connectivity index (χ0) is 9.68. The van der Waals surface area contributed by atoms with E-state index in [9.17, 15) is 4.79 Å². The quantitative estimate of drug-likeness (QED) is 0.613. The zero-order valence-electron chi connectivity index (χ0n) is 6.97. The molecule has 0 spiro atoms. The smallest absolute Gasteiger partial charge is 0.255 e. The van der Waals surface area contributed by atoms with Crippen LogP contribution in [0.1, 0.15) is 0 Å². The van der Waals surface area contributed by atoms with Crippen molar-refractivity contribution in [3.8, 4) is 0 Å². The lowest BCUT2D eigenvalue weighted by atomic mass is 10.3. The number of benzene rings is 1. The number of amides is 1. The first-order valence-electron chi connectivity index (χ1n) is 3.89. The third-order valence-electron chi connectivity index (χ3n) is 1.52. The Balaban J connectivity index is 2.55. The first-order chi connectivity index (χ1) is 6.24. The van der Waals surface area contributed by atoms with Crippen LogP contribution in [0.15, 0.2) is 30.3 Å². The molecule has 0 aromatic heterocycles. The lowest BCUT2D eigenvalue weighted by molar-refractivity contribution is -0.125. The van der Waals surface area contributed by atoms with Crippen LogP contribution in [0.4, 0.5) is 5.69 Å². The van der Waals surface area contributed by atoms with Gasteiger partial charge in [-0.05, 0) is 12.1 Å². The van der Waals surface area contributed by atoms with Crippen LogP contribution in [0, 0.1) is 0 Å². The van der Waals surface area contributed by atoms with E-state index in [0.29, 0.717) is 5.69 Å². The molecular formula is C9H11NO3. The fourth-order valence-electron chi connectivity index (χ4n) is 0.830. The van der Waals surface area contributed by atoms with Crippen LogP contribution in [0.5, 0.6) is 0 Å². The third kappa shape index (κ3) is 2.85. The number of nitrogens with one attached hydrogen (secondary N) is 1. The molecule has 3 N–H and O–H groups in total. The number of rotatable bonds is 3. The highest BCUT2D eigenvalue weighted by molar-refractivity contribution is 5.93. The van der Waals surface area contributed by atoms with Crippen LogP contribution >= 0.6 is 0 Å². The van der Waals surface area contributed by atoms with E-state index in [1.165, 1.54) is 0 Å². The van der Waals surface area contributed by atoms with E-state index < -0.39 is 18.6 Å². The SMILES string of the molecule is O=C(Nc1ccccc1)C(O)CO. The monoisotopic (exact) mass is 181 g/mol. The van der Waals surface area contributed by atoms with Gasteiger partial charge in [0.25, 0.3) is 5.91 Å². The molecule has 13 heavy (non-hydrogen) atoms. The highest BCUT2D eigenvalue weighted by atomic mass is 16.3. The fourth-order valence-corrected chi connectivity index (χ4v) is 0.830. The summed E-state index contributed by atoms with van der Waals surface area (Å²) in [5, 5.41) is 19.8. The highest BCUT2D eigenvalue weighted by Gasteiger charge is 2.12. The minimum absolute atomic E-state index is 0.571. The van der Waals surface area contributed by atoms with Gasteiger partial charge in [-0.25, -0.2) is 0 Å². The number of para-hydroxylation sites is 1. The molecule has 1 rings (SSSR count). The molecule has 0 bridgehead atoms. The first-order valence-corrected chi connectivity index (χ1v) is 3.89. The number of carbonyl (C=O) groups is 1. The molecule has 0 aliphatic rings. The molecule has 1 unspecified atom stereocenters. The second kappa shape index (κ2) is 4.59. The number of anilines is 1. The molecule has 1 amide bonds. The second-order valence-electron chi connectivity index (χ2n) is 2.55. The van der Waals surface area contributed by atoms with Crippen molar-refractivity contribution in [3.05, 3.63) is 30.3 Å². The molecule has 0 saturated carbocycles. The highest BCUT2D eigenvalue weighted by Crippen LogP contribution is 2.05. The summed E-state index contributed by atoms with van der Waals surface area (Å²) in [7, 11) is 0. The molecule has 4 heteroatoms. The van der Waals surface area contributed by atoms with E-state index in [1.807, 2.05) is 6.07 Å². The van der Waals surface area contributed by atoms with Gasteiger partial charge >= 0.3 is 0 Å². The van der Waals surface area contributed by atoms with Crippen LogP contribution < -0.4 is 5.32 Å². The molecule has 0 radical (unpaired) electrons. The standard InChI is InChI=1S/C9H11NO3/c11-6-8(12)9(13)10-7-4-2-1-3-5-7/h1-5,8,11-12H,6H2,(H,10,13). The van der Waals surface area contributed by atoms with Gasteiger partial charge in [-0.2, -0.15) is 0 Å². The molecule has 0 fully saturated rings. The van der Waals surface area contributed by atoms with E-state index in [-0.39, 0.29) is 0 Å². The summed E-state index contributed by atoms with van der Waals surface area (Å²) in [6.45, 7) is -0.571. The molecule has 1 aromatic rings. The molecule has 0 saturated heterocycles. The molecule has 1 atom stereocenters. The first kappa shape index (κ1) is 9.70. The Morgan fingerprint density at radius 1 is 1.38 bits per heavy atom. The van der Waals surface area contributed by atoms with E-state index in [0.717, 1.165) is 0 Å². The molecule has 0 aliphatic heterocycles. The van der Waals surface area contributed by atoms with E-state index in [1.54, 1.807) is 24.3 Å². The number of hydrogen-bond donors (Lipinski definition) is 3. The van der Waals surface area contributed by atoms with Crippen molar-refractivity contribution in [2.75, 3.05) is 11.9 Å². The van der Waals surface area contributed by atoms with Gasteiger partial charge in [0, 0.05) is 5.69 Å². The Labute approximate surface area is 75.8 Å². The summed E-state index contributed by atoms with van der Waals surface area (Å²) in [6.07, 6.45) is -1.36. The van der Waals surface area contributed by atoms with Gasteiger partial charge in [0.05, 0.1) is 6.61 Å². The predicted molar refractivity (Wildman–Crippen MR) is 48.2 cm³/mol. The molecule has 4 nitrogen and oxygen atoms in total. The van der Waals surface area contributed by atoms with Crippen LogP contribution in [0.25, 0.3) is 0 Å². The summed E-state index contributed by atoms with van der Waals surface area (Å²) < 4.78 is 0. The fraction of sp³-hybridized carbons (Fsp3) is 0.222. The van der Waals surface area contributed by atoms with Gasteiger partial charge in [0.2, 0.25) is 0 Å². The van der Waals surface area contributed by atoms with Crippen LogP contribution in [0.2, 0.25) is 0 Å². The summed E-state index contributed by atoms with van der Waals surface area (Å²) >= 11 is 0. The normalized spacial score (nSPS) is 12.2.